The first kappa shape index (κ1) is 14.6. The lowest BCUT2D eigenvalue weighted by Crippen LogP contribution is -2.53. The Morgan fingerprint density at radius 3 is 2.52 bits per heavy atom. The van der Waals surface area contributed by atoms with E-state index >= 15 is 0 Å². The van der Waals surface area contributed by atoms with Crippen LogP contribution in [0.15, 0.2) is 18.2 Å². The summed E-state index contributed by atoms with van der Waals surface area (Å²) in [4.78, 5) is 4.47. The molecule has 4 heteroatoms. The maximum absolute atomic E-state index is 14.3. The molecule has 0 aromatic heterocycles. The maximum Gasteiger partial charge on any atom is 0.148 e. The Morgan fingerprint density at radius 1 is 1.29 bits per heavy atom. The Bertz CT molecular complexity index is 495. The summed E-state index contributed by atoms with van der Waals surface area (Å²) in [5, 5.41) is 3.55. The normalized spacial score (nSPS) is 28.0. The van der Waals surface area contributed by atoms with Crippen LogP contribution in [0.3, 0.4) is 0 Å². The van der Waals surface area contributed by atoms with Gasteiger partial charge in [-0.3, -0.25) is 0 Å². The zero-order valence-electron chi connectivity index (χ0n) is 13.3. The van der Waals surface area contributed by atoms with Crippen molar-refractivity contribution in [2.75, 3.05) is 36.9 Å². The molecule has 0 radical (unpaired) electrons. The van der Waals surface area contributed by atoms with Crippen LogP contribution in [0.5, 0.6) is 0 Å². The Labute approximate surface area is 127 Å². The fourth-order valence-electron chi connectivity index (χ4n) is 3.50. The standard InChI is InChI=1S/C17H26FN3/c1-12(2)20(3)17-5-4-14(10-15(17)18)19-16-11-21-8-6-13(16)7-9-21/h4-5,10,12-13,16,19H,6-9,11H2,1-3H3. The molecule has 0 aliphatic carbocycles. The zero-order valence-corrected chi connectivity index (χ0v) is 13.3. The van der Waals surface area contributed by atoms with Crippen molar-refractivity contribution in [3.63, 3.8) is 0 Å². The fraction of sp³-hybridized carbons (Fsp3) is 0.647. The summed E-state index contributed by atoms with van der Waals surface area (Å²) in [5.41, 5.74) is 1.58. The van der Waals surface area contributed by atoms with Gasteiger partial charge in [0.25, 0.3) is 0 Å². The van der Waals surface area contributed by atoms with Gasteiger partial charge in [0, 0.05) is 31.4 Å². The third kappa shape index (κ3) is 3.00. The highest BCUT2D eigenvalue weighted by Crippen LogP contribution is 2.31. The van der Waals surface area contributed by atoms with E-state index in [1.54, 1.807) is 6.07 Å². The fourth-order valence-corrected chi connectivity index (χ4v) is 3.50. The second kappa shape index (κ2) is 5.84. The SMILES string of the molecule is CC(C)N(C)c1ccc(NC2CN3CCC2CC3)cc1F. The Hall–Kier alpha value is -1.29. The second-order valence-electron chi connectivity index (χ2n) is 6.76. The van der Waals surface area contributed by atoms with Crippen molar-refractivity contribution in [3.05, 3.63) is 24.0 Å². The minimum Gasteiger partial charge on any atom is -0.381 e. The van der Waals surface area contributed by atoms with E-state index < -0.39 is 0 Å². The largest absolute Gasteiger partial charge is 0.381 e. The van der Waals surface area contributed by atoms with Gasteiger partial charge >= 0.3 is 0 Å². The summed E-state index contributed by atoms with van der Waals surface area (Å²) in [6.07, 6.45) is 2.54. The van der Waals surface area contributed by atoms with Crippen LogP contribution in [0.2, 0.25) is 0 Å². The van der Waals surface area contributed by atoms with Crippen LogP contribution in [0.1, 0.15) is 26.7 Å². The number of hydrogen-bond acceptors (Lipinski definition) is 3. The van der Waals surface area contributed by atoms with Gasteiger partial charge in [0.05, 0.1) is 5.69 Å². The van der Waals surface area contributed by atoms with E-state index in [4.69, 9.17) is 0 Å². The van der Waals surface area contributed by atoms with Gasteiger partial charge in [-0.2, -0.15) is 0 Å². The molecule has 0 amide bonds. The predicted molar refractivity (Wildman–Crippen MR) is 86.5 cm³/mol. The number of anilines is 2. The maximum atomic E-state index is 14.3. The van der Waals surface area contributed by atoms with Gasteiger partial charge in [0.2, 0.25) is 0 Å². The summed E-state index contributed by atoms with van der Waals surface area (Å²) in [7, 11) is 1.93. The average Bonchev–Trinajstić information content (AvgIpc) is 2.48. The van der Waals surface area contributed by atoms with Gasteiger partial charge in [-0.1, -0.05) is 0 Å². The number of nitrogens with zero attached hydrogens (tertiary/aromatic N) is 2. The topological polar surface area (TPSA) is 18.5 Å². The van der Waals surface area contributed by atoms with Gasteiger partial charge in [-0.25, -0.2) is 4.39 Å². The molecule has 1 aromatic carbocycles. The number of benzene rings is 1. The van der Waals surface area contributed by atoms with Crippen LogP contribution in [0, 0.1) is 11.7 Å². The van der Waals surface area contributed by atoms with Gasteiger partial charge < -0.3 is 15.1 Å². The van der Waals surface area contributed by atoms with E-state index in [0.717, 1.165) is 18.2 Å². The molecule has 0 saturated carbocycles. The van der Waals surface area contributed by atoms with E-state index in [1.807, 2.05) is 24.1 Å². The number of halogens is 1. The van der Waals surface area contributed by atoms with Gasteiger partial charge in [-0.15, -0.1) is 0 Å². The highest BCUT2D eigenvalue weighted by Gasteiger charge is 2.33. The van der Waals surface area contributed by atoms with Crippen LogP contribution in [-0.4, -0.2) is 43.7 Å². The first-order valence-corrected chi connectivity index (χ1v) is 8.06. The van der Waals surface area contributed by atoms with Crippen LogP contribution >= 0.6 is 0 Å². The molecule has 3 heterocycles. The van der Waals surface area contributed by atoms with Crippen molar-refractivity contribution in [2.45, 2.75) is 38.8 Å². The van der Waals surface area contributed by atoms with Crippen LogP contribution in [0.4, 0.5) is 15.8 Å². The molecule has 21 heavy (non-hydrogen) atoms. The molecule has 1 aromatic rings. The quantitative estimate of drug-likeness (QED) is 0.919. The van der Waals surface area contributed by atoms with E-state index in [-0.39, 0.29) is 5.82 Å². The molecule has 3 saturated heterocycles. The molecule has 2 bridgehead atoms. The monoisotopic (exact) mass is 291 g/mol. The van der Waals surface area contributed by atoms with Gasteiger partial charge in [0.15, 0.2) is 0 Å². The molecule has 3 fully saturated rings. The van der Waals surface area contributed by atoms with E-state index in [0.29, 0.717) is 17.8 Å². The lowest BCUT2D eigenvalue weighted by molar-refractivity contribution is 0.0975. The third-order valence-corrected chi connectivity index (χ3v) is 5.11. The molecule has 116 valence electrons. The Balaban J connectivity index is 1.71. The molecule has 0 spiro atoms. The molecular weight excluding hydrogens is 265 g/mol. The highest BCUT2D eigenvalue weighted by molar-refractivity contribution is 5.56. The average molecular weight is 291 g/mol. The van der Waals surface area contributed by atoms with E-state index in [1.165, 1.54) is 25.9 Å². The molecule has 3 nitrogen and oxygen atoms in total. The smallest absolute Gasteiger partial charge is 0.148 e. The van der Waals surface area contributed by atoms with Crippen molar-refractivity contribution < 1.29 is 4.39 Å². The second-order valence-corrected chi connectivity index (χ2v) is 6.76. The van der Waals surface area contributed by atoms with E-state index in [2.05, 4.69) is 24.1 Å². The number of rotatable bonds is 4. The Morgan fingerprint density at radius 2 is 2.00 bits per heavy atom. The van der Waals surface area contributed by atoms with E-state index in [9.17, 15) is 4.39 Å². The van der Waals surface area contributed by atoms with Crippen molar-refractivity contribution in [2.24, 2.45) is 5.92 Å². The predicted octanol–water partition coefficient (Wildman–Crippen LogP) is 3.18. The van der Waals surface area contributed by atoms with Crippen molar-refractivity contribution >= 4 is 11.4 Å². The van der Waals surface area contributed by atoms with Crippen molar-refractivity contribution in [3.8, 4) is 0 Å². The highest BCUT2D eigenvalue weighted by atomic mass is 19.1. The number of hydrogen-bond donors (Lipinski definition) is 1. The first-order valence-electron chi connectivity index (χ1n) is 8.06. The summed E-state index contributed by atoms with van der Waals surface area (Å²) < 4.78 is 14.3. The minimum absolute atomic E-state index is 0.141. The molecule has 4 rings (SSSR count). The van der Waals surface area contributed by atoms with Crippen LogP contribution < -0.4 is 10.2 Å². The molecule has 1 N–H and O–H groups in total. The zero-order chi connectivity index (χ0) is 15.0. The van der Waals surface area contributed by atoms with Crippen LogP contribution in [-0.2, 0) is 0 Å². The lowest BCUT2D eigenvalue weighted by atomic mass is 9.84. The van der Waals surface area contributed by atoms with Crippen molar-refractivity contribution in [1.29, 1.82) is 0 Å². The summed E-state index contributed by atoms with van der Waals surface area (Å²) in [5.74, 6) is 0.605. The molecule has 3 aliphatic heterocycles. The van der Waals surface area contributed by atoms with Crippen LogP contribution in [0.25, 0.3) is 0 Å². The molecular formula is C17H26FN3. The molecule has 1 atom stereocenters. The number of fused-ring (bicyclic) bond motifs is 3. The third-order valence-electron chi connectivity index (χ3n) is 5.11. The summed E-state index contributed by atoms with van der Waals surface area (Å²) >= 11 is 0. The Kier molecular flexibility index (Phi) is 4.07. The number of nitrogens with one attached hydrogen (secondary N) is 1. The lowest BCUT2D eigenvalue weighted by Gasteiger charge is -2.45. The van der Waals surface area contributed by atoms with Crippen molar-refractivity contribution in [1.82, 2.24) is 4.90 Å². The van der Waals surface area contributed by atoms with Gasteiger partial charge in [0.1, 0.15) is 5.82 Å². The molecule has 1 unspecified atom stereocenters. The summed E-state index contributed by atoms with van der Waals surface area (Å²) in [6, 6.07) is 6.31. The minimum atomic E-state index is -0.141. The number of piperidine rings is 3. The molecule has 3 aliphatic rings. The summed E-state index contributed by atoms with van der Waals surface area (Å²) in [6.45, 7) is 7.70. The first-order chi connectivity index (χ1) is 10.0. The van der Waals surface area contributed by atoms with Gasteiger partial charge in [-0.05, 0) is 63.9 Å².